The molecular formula is C10H22N2. The Hall–Kier alpha value is -0.0800. The lowest BCUT2D eigenvalue weighted by Gasteiger charge is -2.36. The van der Waals surface area contributed by atoms with E-state index in [1.54, 1.807) is 0 Å². The highest BCUT2D eigenvalue weighted by molar-refractivity contribution is 4.74. The third kappa shape index (κ3) is 2.76. The molecular weight excluding hydrogens is 148 g/mol. The van der Waals surface area contributed by atoms with Gasteiger partial charge in [-0.2, -0.15) is 0 Å². The molecule has 0 aliphatic carbocycles. The van der Waals surface area contributed by atoms with Gasteiger partial charge in [-0.15, -0.1) is 0 Å². The van der Waals surface area contributed by atoms with Gasteiger partial charge in [-0.25, -0.2) is 0 Å². The lowest BCUT2D eigenvalue weighted by molar-refractivity contribution is 0.122. The highest BCUT2D eigenvalue weighted by Gasteiger charge is 2.19. The van der Waals surface area contributed by atoms with Crippen molar-refractivity contribution in [3.8, 4) is 0 Å². The molecule has 1 heterocycles. The molecule has 0 amide bonds. The first-order valence-corrected chi connectivity index (χ1v) is 5.36. The maximum atomic E-state index is 3.58. The zero-order valence-electron chi connectivity index (χ0n) is 8.47. The van der Waals surface area contributed by atoms with Gasteiger partial charge in [0.05, 0.1) is 6.17 Å². The topological polar surface area (TPSA) is 15.3 Å². The van der Waals surface area contributed by atoms with Gasteiger partial charge in [0, 0.05) is 6.54 Å². The highest BCUT2D eigenvalue weighted by Crippen LogP contribution is 2.09. The minimum Gasteiger partial charge on any atom is -0.302 e. The van der Waals surface area contributed by atoms with Gasteiger partial charge in [0.1, 0.15) is 0 Å². The van der Waals surface area contributed by atoms with Crippen LogP contribution >= 0.6 is 0 Å². The van der Waals surface area contributed by atoms with Gasteiger partial charge >= 0.3 is 0 Å². The second-order valence-corrected chi connectivity index (χ2v) is 3.65. The molecule has 1 aliphatic heterocycles. The second kappa shape index (κ2) is 5.55. The molecule has 1 N–H and O–H groups in total. The molecule has 0 bridgehead atoms. The molecule has 2 heteroatoms. The van der Waals surface area contributed by atoms with Crippen LogP contribution in [-0.2, 0) is 0 Å². The van der Waals surface area contributed by atoms with Crippen LogP contribution in [0.15, 0.2) is 0 Å². The maximum absolute atomic E-state index is 3.58. The predicted octanol–water partition coefficient (Wildman–Crippen LogP) is 1.82. The molecule has 0 radical (unpaired) electrons. The lowest BCUT2D eigenvalue weighted by atomic mass is 10.1. The van der Waals surface area contributed by atoms with Gasteiger partial charge in [-0.05, 0) is 32.4 Å². The lowest BCUT2D eigenvalue weighted by Crippen LogP contribution is -2.51. The summed E-state index contributed by atoms with van der Waals surface area (Å²) in [5.41, 5.74) is 0. The molecule has 1 unspecified atom stereocenters. The van der Waals surface area contributed by atoms with Crippen LogP contribution < -0.4 is 5.32 Å². The Morgan fingerprint density at radius 1 is 1.33 bits per heavy atom. The van der Waals surface area contributed by atoms with Crippen molar-refractivity contribution in [1.82, 2.24) is 10.2 Å². The van der Waals surface area contributed by atoms with E-state index in [0.717, 1.165) is 0 Å². The number of rotatable bonds is 4. The van der Waals surface area contributed by atoms with Crippen LogP contribution in [0, 0.1) is 0 Å². The fraction of sp³-hybridized carbons (Fsp3) is 1.00. The Labute approximate surface area is 76.3 Å². The van der Waals surface area contributed by atoms with Crippen molar-refractivity contribution in [3.05, 3.63) is 0 Å². The third-order valence-corrected chi connectivity index (χ3v) is 2.52. The summed E-state index contributed by atoms with van der Waals surface area (Å²) in [6.45, 7) is 8.30. The molecule has 12 heavy (non-hydrogen) atoms. The predicted molar refractivity (Wildman–Crippen MR) is 53.2 cm³/mol. The molecule has 0 saturated carbocycles. The van der Waals surface area contributed by atoms with Crippen molar-refractivity contribution in [2.24, 2.45) is 0 Å². The molecule has 0 aromatic carbocycles. The Morgan fingerprint density at radius 2 is 2.17 bits per heavy atom. The molecule has 2 nitrogen and oxygen atoms in total. The monoisotopic (exact) mass is 170 g/mol. The van der Waals surface area contributed by atoms with Crippen LogP contribution in [0.4, 0.5) is 0 Å². The fourth-order valence-corrected chi connectivity index (χ4v) is 1.95. The normalized spacial score (nSPS) is 26.0. The van der Waals surface area contributed by atoms with Gasteiger partial charge in [0.15, 0.2) is 0 Å². The average molecular weight is 170 g/mol. The minimum atomic E-state index is 0.670. The Morgan fingerprint density at radius 3 is 2.83 bits per heavy atom. The molecule has 1 saturated heterocycles. The summed E-state index contributed by atoms with van der Waals surface area (Å²) in [5, 5.41) is 3.58. The summed E-state index contributed by atoms with van der Waals surface area (Å²) in [5.74, 6) is 0. The summed E-state index contributed by atoms with van der Waals surface area (Å²) in [7, 11) is 0. The summed E-state index contributed by atoms with van der Waals surface area (Å²) in [6, 6.07) is 0. The second-order valence-electron chi connectivity index (χ2n) is 3.65. The maximum Gasteiger partial charge on any atom is 0.0596 e. The van der Waals surface area contributed by atoms with E-state index >= 15 is 0 Å². The standard InChI is InChI=1S/C10H22N2/c1-3-6-10-11-7-5-9-12(10)8-4-2/h10-11H,3-9H2,1-2H3. The van der Waals surface area contributed by atoms with E-state index in [1.165, 1.54) is 45.3 Å². The fourth-order valence-electron chi connectivity index (χ4n) is 1.95. The van der Waals surface area contributed by atoms with Gasteiger partial charge in [-0.3, -0.25) is 4.90 Å². The van der Waals surface area contributed by atoms with E-state index in [1.807, 2.05) is 0 Å². The van der Waals surface area contributed by atoms with Gasteiger partial charge in [0.2, 0.25) is 0 Å². The van der Waals surface area contributed by atoms with Crippen LogP contribution in [-0.4, -0.2) is 30.7 Å². The molecule has 1 fully saturated rings. The van der Waals surface area contributed by atoms with Crippen molar-refractivity contribution >= 4 is 0 Å². The molecule has 1 atom stereocenters. The number of hydrogen-bond acceptors (Lipinski definition) is 2. The molecule has 1 aliphatic rings. The number of nitrogens with one attached hydrogen (secondary N) is 1. The Bertz CT molecular complexity index is 96.4. The quantitative estimate of drug-likeness (QED) is 0.692. The first-order valence-electron chi connectivity index (χ1n) is 5.36. The van der Waals surface area contributed by atoms with E-state index in [2.05, 4.69) is 24.1 Å². The largest absolute Gasteiger partial charge is 0.302 e. The van der Waals surface area contributed by atoms with Crippen molar-refractivity contribution in [2.45, 2.75) is 45.7 Å². The van der Waals surface area contributed by atoms with Gasteiger partial charge in [-0.1, -0.05) is 20.3 Å². The van der Waals surface area contributed by atoms with Crippen LogP contribution in [0.25, 0.3) is 0 Å². The van der Waals surface area contributed by atoms with E-state index < -0.39 is 0 Å². The molecule has 1 rings (SSSR count). The first kappa shape index (κ1) is 10.0. The summed E-state index contributed by atoms with van der Waals surface area (Å²) >= 11 is 0. The van der Waals surface area contributed by atoms with Crippen molar-refractivity contribution < 1.29 is 0 Å². The van der Waals surface area contributed by atoms with Crippen molar-refractivity contribution in [2.75, 3.05) is 19.6 Å². The SMILES string of the molecule is CCCC1NCCCN1CCC. The summed E-state index contributed by atoms with van der Waals surface area (Å²) < 4.78 is 0. The average Bonchev–Trinajstić information content (AvgIpc) is 2.09. The summed E-state index contributed by atoms with van der Waals surface area (Å²) in [4.78, 5) is 2.59. The molecule has 72 valence electrons. The number of nitrogens with zero attached hydrogens (tertiary/aromatic N) is 1. The van der Waals surface area contributed by atoms with Crippen LogP contribution in [0.5, 0.6) is 0 Å². The zero-order valence-corrected chi connectivity index (χ0v) is 8.47. The van der Waals surface area contributed by atoms with E-state index in [0.29, 0.717) is 6.17 Å². The van der Waals surface area contributed by atoms with E-state index in [-0.39, 0.29) is 0 Å². The number of hydrogen-bond donors (Lipinski definition) is 1. The molecule has 0 aromatic rings. The first-order chi connectivity index (χ1) is 5.88. The van der Waals surface area contributed by atoms with Gasteiger partial charge < -0.3 is 5.32 Å². The van der Waals surface area contributed by atoms with E-state index in [9.17, 15) is 0 Å². The summed E-state index contributed by atoms with van der Waals surface area (Å²) in [6.07, 6.45) is 5.86. The molecule has 0 aromatic heterocycles. The minimum absolute atomic E-state index is 0.670. The van der Waals surface area contributed by atoms with Crippen molar-refractivity contribution in [3.63, 3.8) is 0 Å². The van der Waals surface area contributed by atoms with Gasteiger partial charge in [0.25, 0.3) is 0 Å². The molecule has 0 spiro atoms. The zero-order chi connectivity index (χ0) is 8.81. The van der Waals surface area contributed by atoms with Crippen LogP contribution in [0.3, 0.4) is 0 Å². The third-order valence-electron chi connectivity index (χ3n) is 2.52. The Kier molecular flexibility index (Phi) is 4.62. The van der Waals surface area contributed by atoms with Crippen LogP contribution in [0.1, 0.15) is 39.5 Å². The smallest absolute Gasteiger partial charge is 0.0596 e. The van der Waals surface area contributed by atoms with Crippen LogP contribution in [0.2, 0.25) is 0 Å². The van der Waals surface area contributed by atoms with Crippen molar-refractivity contribution in [1.29, 1.82) is 0 Å². The van der Waals surface area contributed by atoms with E-state index in [4.69, 9.17) is 0 Å². The Balaban J connectivity index is 2.31. The highest BCUT2D eigenvalue weighted by atomic mass is 15.3.